The van der Waals surface area contributed by atoms with E-state index >= 15 is 0 Å². The third-order valence-electron chi connectivity index (χ3n) is 5.20. The van der Waals surface area contributed by atoms with Crippen molar-refractivity contribution in [3.8, 4) is 0 Å². The second-order valence-corrected chi connectivity index (χ2v) is 7.33. The predicted octanol–water partition coefficient (Wildman–Crippen LogP) is 3.80. The first-order chi connectivity index (χ1) is 15.6. The Morgan fingerprint density at radius 1 is 0.719 bits per heavy atom. The maximum Gasteiger partial charge on any atom is 0.326 e. The Labute approximate surface area is 183 Å². The average molecular weight is 422 g/mol. The molecule has 3 aromatic rings. The van der Waals surface area contributed by atoms with Crippen molar-refractivity contribution in [2.45, 2.75) is 0 Å². The topological polar surface area (TPSA) is 99.3 Å². The minimum Gasteiger partial charge on any atom is -0.354 e. The molecule has 0 bridgehead atoms. The fourth-order valence-corrected chi connectivity index (χ4v) is 3.71. The molecule has 32 heavy (non-hydrogen) atoms. The van der Waals surface area contributed by atoms with Crippen LogP contribution >= 0.6 is 0 Å². The second kappa shape index (κ2) is 7.88. The molecule has 7 heteroatoms. The zero-order valence-corrected chi connectivity index (χ0v) is 16.8. The van der Waals surface area contributed by atoms with E-state index in [1.54, 1.807) is 6.08 Å². The van der Waals surface area contributed by atoms with Gasteiger partial charge in [0.15, 0.2) is 0 Å². The summed E-state index contributed by atoms with van der Waals surface area (Å²) in [5, 5.41) is 11.0. The molecule has 0 unspecified atom stereocenters. The lowest BCUT2D eigenvalue weighted by atomic mass is 10.00. The van der Waals surface area contributed by atoms with Crippen molar-refractivity contribution >= 4 is 46.6 Å². The van der Waals surface area contributed by atoms with Gasteiger partial charge in [-0.15, -0.1) is 0 Å². The van der Waals surface area contributed by atoms with Crippen LogP contribution in [-0.4, -0.2) is 17.8 Å². The molecule has 4 N–H and O–H groups in total. The van der Waals surface area contributed by atoms with E-state index < -0.39 is 11.9 Å². The third kappa shape index (κ3) is 3.63. The smallest absolute Gasteiger partial charge is 0.326 e. The van der Waals surface area contributed by atoms with Crippen LogP contribution in [0.25, 0.3) is 17.3 Å². The number of hydrogen-bond donors (Lipinski definition) is 4. The number of fused-ring (bicyclic) bond motifs is 1. The van der Waals surface area contributed by atoms with Crippen molar-refractivity contribution in [1.82, 2.24) is 10.6 Å². The van der Waals surface area contributed by atoms with Crippen LogP contribution in [0.4, 0.5) is 16.2 Å². The van der Waals surface area contributed by atoms with Gasteiger partial charge in [0, 0.05) is 16.9 Å². The zero-order chi connectivity index (χ0) is 22.1. The van der Waals surface area contributed by atoms with Crippen molar-refractivity contribution in [1.29, 1.82) is 0 Å². The van der Waals surface area contributed by atoms with Crippen molar-refractivity contribution in [3.05, 3.63) is 101 Å². The number of anilines is 2. The van der Waals surface area contributed by atoms with Crippen LogP contribution in [0, 0.1) is 0 Å². The first kappa shape index (κ1) is 19.3. The fourth-order valence-electron chi connectivity index (χ4n) is 3.71. The summed E-state index contributed by atoms with van der Waals surface area (Å²) < 4.78 is 0. The molecule has 1 saturated heterocycles. The Balaban J connectivity index is 1.51. The van der Waals surface area contributed by atoms with Gasteiger partial charge in [0.05, 0.1) is 11.3 Å². The van der Waals surface area contributed by atoms with Crippen molar-refractivity contribution in [3.63, 3.8) is 0 Å². The normalized spacial score (nSPS) is 17.5. The molecular weight excluding hydrogens is 404 g/mol. The van der Waals surface area contributed by atoms with E-state index in [-0.39, 0.29) is 11.6 Å². The summed E-state index contributed by atoms with van der Waals surface area (Å²) in [6, 6.07) is 24.1. The standard InChI is InChI=1S/C25H18N4O3/c30-23-20(28-25(32)29-23)14-15-10-12-17(13-11-15)26-22(16-6-2-1-3-7-16)21-18-8-4-5-9-19(18)27-24(21)31/h1-14,26H,(H,27,31)(H2,28,29,30,32)/b20-14-,22-21?. The van der Waals surface area contributed by atoms with Gasteiger partial charge < -0.3 is 16.0 Å². The highest BCUT2D eigenvalue weighted by Crippen LogP contribution is 2.37. The molecule has 0 atom stereocenters. The van der Waals surface area contributed by atoms with Crippen LogP contribution in [0.15, 0.2) is 84.6 Å². The molecule has 0 aliphatic carbocycles. The summed E-state index contributed by atoms with van der Waals surface area (Å²) in [7, 11) is 0. The lowest BCUT2D eigenvalue weighted by Gasteiger charge is -2.15. The number of rotatable bonds is 4. The lowest BCUT2D eigenvalue weighted by Crippen LogP contribution is -2.22. The van der Waals surface area contributed by atoms with E-state index in [9.17, 15) is 14.4 Å². The first-order valence-corrected chi connectivity index (χ1v) is 10.00. The van der Waals surface area contributed by atoms with Crippen molar-refractivity contribution in [2.24, 2.45) is 0 Å². The van der Waals surface area contributed by atoms with E-state index in [4.69, 9.17) is 0 Å². The first-order valence-electron chi connectivity index (χ1n) is 10.00. The van der Waals surface area contributed by atoms with Crippen LogP contribution in [0.1, 0.15) is 16.7 Å². The summed E-state index contributed by atoms with van der Waals surface area (Å²) in [6.45, 7) is 0. The maximum absolute atomic E-state index is 12.9. The van der Waals surface area contributed by atoms with Crippen LogP contribution < -0.4 is 21.3 Å². The Morgan fingerprint density at radius 3 is 2.16 bits per heavy atom. The van der Waals surface area contributed by atoms with Gasteiger partial charge in [-0.2, -0.15) is 0 Å². The van der Waals surface area contributed by atoms with Crippen LogP contribution in [-0.2, 0) is 9.59 Å². The number of benzene rings is 3. The van der Waals surface area contributed by atoms with E-state index in [1.807, 2.05) is 78.9 Å². The summed E-state index contributed by atoms with van der Waals surface area (Å²) in [6.07, 6.45) is 1.60. The number of nitrogens with one attached hydrogen (secondary N) is 4. The van der Waals surface area contributed by atoms with Gasteiger partial charge in [-0.25, -0.2) is 4.79 Å². The molecule has 5 rings (SSSR count). The minimum atomic E-state index is -0.534. The largest absolute Gasteiger partial charge is 0.354 e. The summed E-state index contributed by atoms with van der Waals surface area (Å²) in [5.41, 5.74) is 5.49. The molecule has 0 spiro atoms. The van der Waals surface area contributed by atoms with Crippen LogP contribution in [0.3, 0.4) is 0 Å². The molecule has 1 fully saturated rings. The van der Waals surface area contributed by atoms with Gasteiger partial charge >= 0.3 is 6.03 Å². The van der Waals surface area contributed by atoms with Crippen molar-refractivity contribution in [2.75, 3.05) is 10.6 Å². The summed E-state index contributed by atoms with van der Waals surface area (Å²) >= 11 is 0. The highest BCUT2D eigenvalue weighted by atomic mass is 16.2. The molecule has 2 heterocycles. The molecule has 3 aromatic carbocycles. The number of urea groups is 1. The van der Waals surface area contributed by atoms with Gasteiger partial charge in [-0.1, -0.05) is 60.7 Å². The van der Waals surface area contributed by atoms with Gasteiger partial charge in [-0.3, -0.25) is 14.9 Å². The molecule has 7 nitrogen and oxygen atoms in total. The average Bonchev–Trinajstić information content (AvgIpc) is 3.30. The molecule has 0 saturated carbocycles. The molecule has 2 aliphatic rings. The van der Waals surface area contributed by atoms with E-state index in [2.05, 4.69) is 21.3 Å². The number of amides is 4. The third-order valence-corrected chi connectivity index (χ3v) is 5.20. The van der Waals surface area contributed by atoms with Crippen LogP contribution in [0.5, 0.6) is 0 Å². The summed E-state index contributed by atoms with van der Waals surface area (Å²) in [5.74, 6) is -0.624. The fraction of sp³-hybridized carbons (Fsp3) is 0. The Morgan fingerprint density at radius 2 is 1.44 bits per heavy atom. The number of para-hydroxylation sites is 1. The van der Waals surface area contributed by atoms with Gasteiger partial charge in [0.2, 0.25) is 0 Å². The van der Waals surface area contributed by atoms with Gasteiger partial charge in [0.25, 0.3) is 11.8 Å². The maximum atomic E-state index is 12.9. The molecule has 0 radical (unpaired) electrons. The Bertz CT molecular complexity index is 1310. The van der Waals surface area contributed by atoms with E-state index in [0.29, 0.717) is 11.3 Å². The molecule has 2 aliphatic heterocycles. The SMILES string of the molecule is O=C1NC(=O)/C(=C/c2ccc(NC(=C3C(=O)Nc4ccccc43)c3ccccc3)cc2)N1. The second-order valence-electron chi connectivity index (χ2n) is 7.33. The minimum absolute atomic E-state index is 0.165. The number of hydrogen-bond acceptors (Lipinski definition) is 4. The van der Waals surface area contributed by atoms with Gasteiger partial charge in [0.1, 0.15) is 5.70 Å². The Kier molecular flexibility index (Phi) is 4.76. The summed E-state index contributed by atoms with van der Waals surface area (Å²) in [4.78, 5) is 35.8. The zero-order valence-electron chi connectivity index (χ0n) is 16.8. The molecular formula is C25H18N4O3. The molecule has 4 amide bonds. The lowest BCUT2D eigenvalue weighted by molar-refractivity contribution is -0.115. The molecule has 156 valence electrons. The Hall–Kier alpha value is -4.65. The predicted molar refractivity (Wildman–Crippen MR) is 123 cm³/mol. The van der Waals surface area contributed by atoms with E-state index in [0.717, 1.165) is 28.1 Å². The number of imide groups is 1. The number of carbonyl (C=O) groups is 3. The highest BCUT2D eigenvalue weighted by Gasteiger charge is 2.28. The van der Waals surface area contributed by atoms with E-state index in [1.165, 1.54) is 0 Å². The monoisotopic (exact) mass is 422 g/mol. The van der Waals surface area contributed by atoms with Gasteiger partial charge in [-0.05, 0) is 35.4 Å². The quantitative estimate of drug-likeness (QED) is 0.380. The van der Waals surface area contributed by atoms with Crippen LogP contribution in [0.2, 0.25) is 0 Å². The highest BCUT2D eigenvalue weighted by molar-refractivity contribution is 6.37. The van der Waals surface area contributed by atoms with Crippen molar-refractivity contribution < 1.29 is 14.4 Å². The molecule has 0 aromatic heterocycles. The number of carbonyl (C=O) groups excluding carboxylic acids is 3.